The SMILES string of the molecule is CCCCCCCCOc1cc(O)c(C(=O)c2ccccc2)cc1Cc1cc(C(C)(C)CC(C)(C)C)cc(-n2nc3ccccc3n2)c1O. The van der Waals surface area contributed by atoms with Crippen molar-refractivity contribution in [1.82, 2.24) is 15.0 Å². The number of phenols is 2. The van der Waals surface area contributed by atoms with Gasteiger partial charge in [-0.1, -0.05) is 122 Å². The molecule has 0 atom stereocenters. The quantitative estimate of drug-likeness (QED) is 0.0856. The molecule has 7 heteroatoms. The van der Waals surface area contributed by atoms with E-state index in [0.29, 0.717) is 34.7 Å². The van der Waals surface area contributed by atoms with Crippen molar-refractivity contribution in [3.05, 3.63) is 107 Å². The van der Waals surface area contributed by atoms with Gasteiger partial charge in [-0.3, -0.25) is 4.79 Å². The second-order valence-corrected chi connectivity index (χ2v) is 15.1. The second kappa shape index (κ2) is 15.3. The number of phenolic OH excluding ortho intramolecular Hbond substituents is 2. The van der Waals surface area contributed by atoms with Crippen LogP contribution in [0.1, 0.15) is 119 Å². The van der Waals surface area contributed by atoms with Crippen LogP contribution in [0.15, 0.2) is 78.9 Å². The molecule has 0 aliphatic heterocycles. The number of benzene rings is 4. The van der Waals surface area contributed by atoms with Crippen LogP contribution in [0.3, 0.4) is 0 Å². The Morgan fingerprint density at radius 2 is 1.41 bits per heavy atom. The third-order valence-electron chi connectivity index (χ3n) is 9.02. The summed E-state index contributed by atoms with van der Waals surface area (Å²) in [5.74, 6) is 0.146. The van der Waals surface area contributed by atoms with Crippen LogP contribution in [0, 0.1) is 5.41 Å². The van der Waals surface area contributed by atoms with Gasteiger partial charge in [0.1, 0.15) is 34.0 Å². The van der Waals surface area contributed by atoms with Gasteiger partial charge in [-0.25, -0.2) is 0 Å². The highest BCUT2D eigenvalue weighted by Gasteiger charge is 2.30. The third-order valence-corrected chi connectivity index (χ3v) is 9.02. The van der Waals surface area contributed by atoms with Crippen molar-refractivity contribution in [2.24, 2.45) is 5.41 Å². The lowest BCUT2D eigenvalue weighted by Crippen LogP contribution is -2.25. The molecule has 0 aliphatic carbocycles. The van der Waals surface area contributed by atoms with Crippen LogP contribution in [-0.2, 0) is 11.8 Å². The minimum atomic E-state index is -0.278. The molecular weight excluding hydrogens is 610 g/mol. The third kappa shape index (κ3) is 8.88. The molecule has 0 bridgehead atoms. The van der Waals surface area contributed by atoms with Crippen LogP contribution >= 0.6 is 0 Å². The van der Waals surface area contributed by atoms with E-state index < -0.39 is 0 Å². The summed E-state index contributed by atoms with van der Waals surface area (Å²) in [6, 6.07) is 23.9. The van der Waals surface area contributed by atoms with E-state index in [1.807, 2.05) is 36.4 Å². The fourth-order valence-corrected chi connectivity index (χ4v) is 6.83. The molecule has 7 nitrogen and oxygen atoms in total. The Labute approximate surface area is 291 Å². The van der Waals surface area contributed by atoms with Gasteiger partial charge < -0.3 is 14.9 Å². The average Bonchev–Trinajstić information content (AvgIpc) is 3.49. The number of aromatic nitrogens is 3. The summed E-state index contributed by atoms with van der Waals surface area (Å²) in [5.41, 5.74) is 4.84. The smallest absolute Gasteiger partial charge is 0.196 e. The molecule has 258 valence electrons. The molecule has 0 amide bonds. The Balaban J connectivity index is 1.59. The second-order valence-electron chi connectivity index (χ2n) is 15.1. The molecule has 0 spiro atoms. The van der Waals surface area contributed by atoms with E-state index in [1.165, 1.54) is 24.1 Å². The van der Waals surface area contributed by atoms with Gasteiger partial charge in [0.15, 0.2) is 5.78 Å². The Hall–Kier alpha value is -4.65. The Morgan fingerprint density at radius 1 is 0.776 bits per heavy atom. The Bertz CT molecular complexity index is 1850. The number of ether oxygens (including phenoxy) is 1. The Morgan fingerprint density at radius 3 is 2.06 bits per heavy atom. The largest absolute Gasteiger partial charge is 0.507 e. The summed E-state index contributed by atoms with van der Waals surface area (Å²) in [4.78, 5) is 15.1. The number of hydrogen-bond acceptors (Lipinski definition) is 6. The number of carbonyl (C=O) groups is 1. The molecule has 0 radical (unpaired) electrons. The predicted octanol–water partition coefficient (Wildman–Crippen LogP) is 10.1. The summed E-state index contributed by atoms with van der Waals surface area (Å²) in [7, 11) is 0. The molecule has 0 aliphatic rings. The van der Waals surface area contributed by atoms with E-state index in [0.717, 1.165) is 42.3 Å². The van der Waals surface area contributed by atoms with E-state index in [-0.39, 0.29) is 40.1 Å². The number of fused-ring (bicyclic) bond motifs is 1. The number of carbonyl (C=O) groups excluding carboxylic acids is 1. The van der Waals surface area contributed by atoms with E-state index in [4.69, 9.17) is 14.9 Å². The monoisotopic (exact) mass is 661 g/mol. The lowest BCUT2D eigenvalue weighted by molar-refractivity contribution is 0.103. The fraction of sp³-hybridized carbons (Fsp3) is 0.405. The van der Waals surface area contributed by atoms with E-state index in [2.05, 4.69) is 47.6 Å². The number of ketones is 1. The topological polar surface area (TPSA) is 97.5 Å². The molecule has 5 rings (SSSR count). The maximum atomic E-state index is 13.6. The van der Waals surface area contributed by atoms with Crippen LogP contribution in [0.2, 0.25) is 0 Å². The summed E-state index contributed by atoms with van der Waals surface area (Å²) in [6.07, 6.45) is 7.92. The number of nitrogens with zero attached hydrogens (tertiary/aromatic N) is 3. The van der Waals surface area contributed by atoms with Gasteiger partial charge in [-0.05, 0) is 59.1 Å². The number of rotatable bonds is 15. The van der Waals surface area contributed by atoms with Crippen LogP contribution in [-0.4, -0.2) is 37.6 Å². The summed E-state index contributed by atoms with van der Waals surface area (Å²) >= 11 is 0. The highest BCUT2D eigenvalue weighted by molar-refractivity contribution is 6.10. The molecule has 0 saturated heterocycles. The average molecular weight is 662 g/mol. The summed E-state index contributed by atoms with van der Waals surface area (Å²) in [6.45, 7) is 13.8. The number of hydrogen-bond donors (Lipinski definition) is 2. The minimum absolute atomic E-state index is 0.0569. The first-order valence-corrected chi connectivity index (χ1v) is 17.6. The molecule has 4 aromatic carbocycles. The lowest BCUT2D eigenvalue weighted by Gasteiger charge is -2.33. The zero-order valence-corrected chi connectivity index (χ0v) is 29.9. The van der Waals surface area contributed by atoms with E-state index in [9.17, 15) is 15.0 Å². The van der Waals surface area contributed by atoms with Crippen molar-refractivity contribution in [3.8, 4) is 22.9 Å². The zero-order valence-electron chi connectivity index (χ0n) is 29.9. The molecule has 0 unspecified atom stereocenters. The molecular formula is C42H51N3O4. The molecule has 1 aromatic heterocycles. The predicted molar refractivity (Wildman–Crippen MR) is 197 cm³/mol. The maximum absolute atomic E-state index is 13.6. The minimum Gasteiger partial charge on any atom is -0.507 e. The maximum Gasteiger partial charge on any atom is 0.196 e. The standard InChI is InChI=1S/C42H51N3O4/c1-7-8-9-10-11-17-22-49-38-27-37(46)33(39(47)29-18-13-12-14-19-29)25-30(38)23-31-24-32(42(5,6)28-41(2,3)4)26-36(40(31)48)45-43-34-20-15-16-21-35(34)44-45/h12-16,18-21,24-27,46,48H,7-11,17,22-23,28H2,1-6H3. The van der Waals surface area contributed by atoms with Gasteiger partial charge in [-0.2, -0.15) is 0 Å². The number of unbranched alkanes of at least 4 members (excludes halogenated alkanes) is 5. The molecule has 5 aromatic rings. The first kappa shape index (κ1) is 35.7. The molecule has 0 fully saturated rings. The summed E-state index contributed by atoms with van der Waals surface area (Å²) < 4.78 is 6.31. The molecule has 0 saturated carbocycles. The van der Waals surface area contributed by atoms with Crippen LogP contribution < -0.4 is 4.74 Å². The highest BCUT2D eigenvalue weighted by Crippen LogP contribution is 2.41. The van der Waals surface area contributed by atoms with E-state index in [1.54, 1.807) is 36.4 Å². The van der Waals surface area contributed by atoms with E-state index >= 15 is 0 Å². The molecule has 1 heterocycles. The van der Waals surface area contributed by atoms with Crippen molar-refractivity contribution in [3.63, 3.8) is 0 Å². The van der Waals surface area contributed by atoms with Crippen LogP contribution in [0.5, 0.6) is 17.2 Å². The van der Waals surface area contributed by atoms with Gasteiger partial charge in [0.25, 0.3) is 0 Å². The van der Waals surface area contributed by atoms with Gasteiger partial charge in [0.05, 0.1) is 12.2 Å². The van der Waals surface area contributed by atoms with Crippen molar-refractivity contribution >= 4 is 16.8 Å². The summed E-state index contributed by atoms with van der Waals surface area (Å²) in [5, 5.41) is 32.4. The van der Waals surface area contributed by atoms with Crippen LogP contribution in [0.4, 0.5) is 0 Å². The molecule has 49 heavy (non-hydrogen) atoms. The lowest BCUT2D eigenvalue weighted by atomic mass is 9.72. The van der Waals surface area contributed by atoms with Crippen LogP contribution in [0.25, 0.3) is 16.7 Å². The first-order valence-electron chi connectivity index (χ1n) is 17.6. The Kier molecular flexibility index (Phi) is 11.1. The molecule has 2 N–H and O–H groups in total. The van der Waals surface area contributed by atoms with Gasteiger partial charge in [0.2, 0.25) is 0 Å². The van der Waals surface area contributed by atoms with Gasteiger partial charge >= 0.3 is 0 Å². The normalized spacial score (nSPS) is 12.0. The highest BCUT2D eigenvalue weighted by atomic mass is 16.5. The van der Waals surface area contributed by atoms with Gasteiger partial charge in [0, 0.05) is 23.6 Å². The van der Waals surface area contributed by atoms with Crippen molar-refractivity contribution in [2.45, 2.75) is 98.3 Å². The van der Waals surface area contributed by atoms with Crippen molar-refractivity contribution < 1.29 is 19.7 Å². The number of aromatic hydroxyl groups is 2. The van der Waals surface area contributed by atoms with Gasteiger partial charge in [-0.15, -0.1) is 15.0 Å². The first-order chi connectivity index (χ1) is 23.4. The van der Waals surface area contributed by atoms with Crippen molar-refractivity contribution in [1.29, 1.82) is 0 Å². The fourth-order valence-electron chi connectivity index (χ4n) is 6.83. The zero-order chi connectivity index (χ0) is 35.2. The van der Waals surface area contributed by atoms with Crippen molar-refractivity contribution in [2.75, 3.05) is 6.61 Å².